The van der Waals surface area contributed by atoms with Gasteiger partial charge in [-0.2, -0.15) is 4.98 Å². The summed E-state index contributed by atoms with van der Waals surface area (Å²) in [5.41, 5.74) is 0.686. The van der Waals surface area contributed by atoms with Crippen LogP contribution in [0.25, 0.3) is 11.3 Å². The van der Waals surface area contributed by atoms with E-state index < -0.39 is 5.60 Å². The van der Waals surface area contributed by atoms with Gasteiger partial charge in [0.15, 0.2) is 0 Å². The van der Waals surface area contributed by atoms with Crippen LogP contribution in [0.1, 0.15) is 41.5 Å². The molecule has 0 bridgehead atoms. The Morgan fingerprint density at radius 1 is 0.913 bits per heavy atom. The van der Waals surface area contributed by atoms with Gasteiger partial charge in [-0.1, -0.05) is 6.07 Å². The number of hydrogen-bond acceptors (Lipinski definition) is 5. The fourth-order valence-electron chi connectivity index (χ4n) is 1.78. The van der Waals surface area contributed by atoms with Gasteiger partial charge in [0.25, 0.3) is 0 Å². The van der Waals surface area contributed by atoms with E-state index in [1.165, 1.54) is 0 Å². The third kappa shape index (κ3) is 5.46. The minimum Gasteiger partial charge on any atom is -0.471 e. The molecule has 0 amide bonds. The Kier molecular flexibility index (Phi) is 4.94. The molecule has 2 rings (SSSR count). The predicted molar refractivity (Wildman–Crippen MR) is 93.7 cm³/mol. The van der Waals surface area contributed by atoms with Gasteiger partial charge in [0.05, 0.1) is 11.3 Å². The molecule has 2 aromatic heterocycles. The number of hydrogen-bond donors (Lipinski definition) is 0. The summed E-state index contributed by atoms with van der Waals surface area (Å²) in [6.07, 6.45) is 1.68. The van der Waals surface area contributed by atoms with Crippen molar-refractivity contribution in [1.82, 2.24) is 15.0 Å². The van der Waals surface area contributed by atoms with Gasteiger partial charge in [-0.3, -0.25) is 0 Å². The first-order valence-corrected chi connectivity index (χ1v) is 8.21. The molecule has 5 nitrogen and oxygen atoms in total. The number of aromatic nitrogens is 3. The minimum atomic E-state index is -0.395. The van der Waals surface area contributed by atoms with Crippen molar-refractivity contribution in [2.45, 2.75) is 52.7 Å². The Morgan fingerprint density at radius 3 is 2.13 bits per heavy atom. The van der Waals surface area contributed by atoms with Gasteiger partial charge in [0.1, 0.15) is 15.8 Å². The molecular weight excluding hydrogens is 358 g/mol. The van der Waals surface area contributed by atoms with E-state index in [2.05, 4.69) is 30.9 Å². The lowest BCUT2D eigenvalue weighted by atomic mass is 10.1. The summed E-state index contributed by atoms with van der Waals surface area (Å²) in [5.74, 6) is 0.456. The molecule has 0 radical (unpaired) electrons. The molecule has 0 aliphatic heterocycles. The molecule has 0 spiro atoms. The fourth-order valence-corrected chi connectivity index (χ4v) is 2.12. The van der Waals surface area contributed by atoms with Crippen molar-refractivity contribution in [2.24, 2.45) is 0 Å². The van der Waals surface area contributed by atoms with Gasteiger partial charge in [0, 0.05) is 6.20 Å². The third-order valence-corrected chi connectivity index (χ3v) is 2.96. The van der Waals surface area contributed by atoms with Crippen LogP contribution in [0.5, 0.6) is 11.9 Å². The Hall–Kier alpha value is -1.69. The highest BCUT2D eigenvalue weighted by atomic mass is 79.9. The molecule has 0 aliphatic carbocycles. The van der Waals surface area contributed by atoms with E-state index >= 15 is 0 Å². The highest BCUT2D eigenvalue weighted by molar-refractivity contribution is 9.10. The Labute approximate surface area is 145 Å². The summed E-state index contributed by atoms with van der Waals surface area (Å²) < 4.78 is 12.5. The first kappa shape index (κ1) is 17.7. The number of nitrogens with zero attached hydrogens (tertiary/aromatic N) is 3. The quantitative estimate of drug-likeness (QED) is 0.726. The van der Waals surface area contributed by atoms with Crippen molar-refractivity contribution in [3.63, 3.8) is 0 Å². The average molecular weight is 380 g/mol. The van der Waals surface area contributed by atoms with E-state index in [0.717, 1.165) is 15.9 Å². The van der Waals surface area contributed by atoms with Gasteiger partial charge < -0.3 is 9.47 Å². The van der Waals surface area contributed by atoms with Crippen LogP contribution >= 0.6 is 15.9 Å². The topological polar surface area (TPSA) is 57.1 Å². The maximum Gasteiger partial charge on any atom is 0.320 e. The summed E-state index contributed by atoms with van der Waals surface area (Å²) in [5, 5.41) is 0. The normalized spacial score (nSPS) is 12.1. The molecule has 0 aromatic carbocycles. The van der Waals surface area contributed by atoms with E-state index in [1.807, 2.05) is 59.7 Å². The third-order valence-electron chi connectivity index (χ3n) is 2.52. The SMILES string of the molecule is CC(C)(C)Oc1ncc(-c2cccc(Br)n2)c(OC(C)(C)C)n1. The second-order valence-electron chi connectivity index (χ2n) is 7.15. The average Bonchev–Trinajstić information content (AvgIpc) is 2.35. The summed E-state index contributed by atoms with van der Waals surface area (Å²) in [7, 11) is 0. The van der Waals surface area contributed by atoms with Crippen molar-refractivity contribution >= 4 is 15.9 Å². The smallest absolute Gasteiger partial charge is 0.320 e. The van der Waals surface area contributed by atoms with E-state index in [9.17, 15) is 0 Å². The summed E-state index contributed by atoms with van der Waals surface area (Å²) in [4.78, 5) is 13.2. The highest BCUT2D eigenvalue weighted by Gasteiger charge is 2.21. The summed E-state index contributed by atoms with van der Waals surface area (Å²) >= 11 is 3.38. The first-order valence-electron chi connectivity index (χ1n) is 7.41. The monoisotopic (exact) mass is 379 g/mol. The second kappa shape index (κ2) is 6.43. The van der Waals surface area contributed by atoms with Crippen LogP contribution in [0, 0.1) is 0 Å². The molecular formula is C17H22BrN3O2. The molecule has 0 fully saturated rings. The molecule has 6 heteroatoms. The zero-order valence-electron chi connectivity index (χ0n) is 14.3. The minimum absolute atomic E-state index is 0.287. The molecule has 2 heterocycles. The molecule has 0 saturated carbocycles. The number of ether oxygens (including phenoxy) is 2. The van der Waals surface area contributed by atoms with Crippen LogP contribution in [-0.2, 0) is 0 Å². The van der Waals surface area contributed by atoms with Crippen molar-refractivity contribution in [2.75, 3.05) is 0 Å². The largest absolute Gasteiger partial charge is 0.471 e. The van der Waals surface area contributed by atoms with E-state index in [1.54, 1.807) is 6.20 Å². The standard InChI is InChI=1S/C17H22BrN3O2/c1-16(2,3)22-14-11(12-8-7-9-13(18)20-12)10-19-15(21-14)23-17(4,5)6/h7-10H,1-6H3. The van der Waals surface area contributed by atoms with E-state index in [0.29, 0.717) is 5.88 Å². The number of rotatable bonds is 3. The predicted octanol–water partition coefficient (Wildman–Crippen LogP) is 4.66. The van der Waals surface area contributed by atoms with E-state index in [-0.39, 0.29) is 11.6 Å². The lowest BCUT2D eigenvalue weighted by Gasteiger charge is -2.24. The number of pyridine rings is 1. The molecule has 0 aliphatic rings. The van der Waals surface area contributed by atoms with Crippen LogP contribution in [0.2, 0.25) is 0 Å². The zero-order chi connectivity index (χ0) is 17.3. The van der Waals surface area contributed by atoms with Crippen molar-refractivity contribution in [3.8, 4) is 23.1 Å². The highest BCUT2D eigenvalue weighted by Crippen LogP contribution is 2.31. The molecule has 0 unspecified atom stereocenters. The van der Waals surface area contributed by atoms with Gasteiger partial charge in [-0.05, 0) is 69.6 Å². The molecule has 23 heavy (non-hydrogen) atoms. The molecule has 0 atom stereocenters. The van der Waals surface area contributed by atoms with Gasteiger partial charge in [0.2, 0.25) is 5.88 Å². The van der Waals surface area contributed by atoms with Crippen LogP contribution in [0.3, 0.4) is 0 Å². The first-order chi connectivity index (χ1) is 10.5. The van der Waals surface area contributed by atoms with Crippen LogP contribution in [-0.4, -0.2) is 26.2 Å². The lowest BCUT2D eigenvalue weighted by molar-refractivity contribution is 0.103. The number of halogens is 1. The Bertz CT molecular complexity index is 691. The maximum atomic E-state index is 6.00. The van der Waals surface area contributed by atoms with Gasteiger partial charge >= 0.3 is 6.01 Å². The summed E-state index contributed by atoms with van der Waals surface area (Å²) in [6, 6.07) is 5.96. The maximum absolute atomic E-state index is 6.00. The van der Waals surface area contributed by atoms with Crippen molar-refractivity contribution in [1.29, 1.82) is 0 Å². The fraction of sp³-hybridized carbons (Fsp3) is 0.471. The molecule has 0 saturated heterocycles. The van der Waals surface area contributed by atoms with Crippen LogP contribution < -0.4 is 9.47 Å². The Balaban J connectivity index is 2.48. The van der Waals surface area contributed by atoms with Crippen LogP contribution in [0.15, 0.2) is 29.0 Å². The molecule has 0 N–H and O–H groups in total. The van der Waals surface area contributed by atoms with E-state index in [4.69, 9.17) is 9.47 Å². The summed E-state index contributed by atoms with van der Waals surface area (Å²) in [6.45, 7) is 11.8. The van der Waals surface area contributed by atoms with Crippen LogP contribution in [0.4, 0.5) is 0 Å². The molecule has 2 aromatic rings. The lowest BCUT2D eigenvalue weighted by Crippen LogP contribution is -2.26. The zero-order valence-corrected chi connectivity index (χ0v) is 15.9. The van der Waals surface area contributed by atoms with Crippen molar-refractivity contribution < 1.29 is 9.47 Å². The van der Waals surface area contributed by atoms with Gasteiger partial charge in [-0.25, -0.2) is 9.97 Å². The van der Waals surface area contributed by atoms with Gasteiger partial charge in [-0.15, -0.1) is 0 Å². The second-order valence-corrected chi connectivity index (χ2v) is 7.96. The Morgan fingerprint density at radius 2 is 1.57 bits per heavy atom. The molecule has 124 valence electrons. The van der Waals surface area contributed by atoms with Crippen molar-refractivity contribution in [3.05, 3.63) is 29.0 Å².